The van der Waals surface area contributed by atoms with Gasteiger partial charge in [-0.2, -0.15) is 0 Å². The SMILES string of the molecule is COc1ccc(OCCNC(=O)C(C)(C)C(=O)NCCC2=CCCCC2)cc1. The van der Waals surface area contributed by atoms with Gasteiger partial charge in [0.05, 0.1) is 13.7 Å². The van der Waals surface area contributed by atoms with E-state index in [0.29, 0.717) is 25.4 Å². The topological polar surface area (TPSA) is 76.7 Å². The van der Waals surface area contributed by atoms with Gasteiger partial charge in [-0.15, -0.1) is 0 Å². The fourth-order valence-corrected chi connectivity index (χ4v) is 3.02. The Bertz CT molecular complexity index is 680. The van der Waals surface area contributed by atoms with E-state index in [4.69, 9.17) is 9.47 Å². The lowest BCUT2D eigenvalue weighted by atomic mass is 9.90. The summed E-state index contributed by atoms with van der Waals surface area (Å²) in [6, 6.07) is 7.23. The van der Waals surface area contributed by atoms with Crippen LogP contribution in [0.5, 0.6) is 11.5 Å². The summed E-state index contributed by atoms with van der Waals surface area (Å²) in [5.74, 6) is 0.898. The number of hydrogen-bond acceptors (Lipinski definition) is 4. The minimum Gasteiger partial charge on any atom is -0.497 e. The van der Waals surface area contributed by atoms with Crippen molar-refractivity contribution in [1.82, 2.24) is 10.6 Å². The zero-order chi connectivity index (χ0) is 20.4. The summed E-state index contributed by atoms with van der Waals surface area (Å²) in [5.41, 5.74) is 0.283. The van der Waals surface area contributed by atoms with Crippen molar-refractivity contribution in [2.24, 2.45) is 5.41 Å². The van der Waals surface area contributed by atoms with Crippen molar-refractivity contribution >= 4 is 11.8 Å². The molecule has 1 aliphatic rings. The molecule has 0 fully saturated rings. The lowest BCUT2D eigenvalue weighted by molar-refractivity contribution is -0.141. The van der Waals surface area contributed by atoms with E-state index in [1.165, 1.54) is 18.4 Å². The van der Waals surface area contributed by atoms with Crippen molar-refractivity contribution < 1.29 is 19.1 Å². The molecule has 0 bridgehead atoms. The number of rotatable bonds is 10. The van der Waals surface area contributed by atoms with E-state index in [1.807, 2.05) is 12.1 Å². The second-order valence-corrected chi connectivity index (χ2v) is 7.52. The molecular weight excluding hydrogens is 356 g/mol. The van der Waals surface area contributed by atoms with Crippen molar-refractivity contribution in [1.29, 1.82) is 0 Å². The van der Waals surface area contributed by atoms with Crippen LogP contribution in [0.2, 0.25) is 0 Å². The monoisotopic (exact) mass is 388 g/mol. The van der Waals surface area contributed by atoms with Crippen LogP contribution >= 0.6 is 0 Å². The lowest BCUT2D eigenvalue weighted by Gasteiger charge is -2.23. The number of allylic oxidation sites excluding steroid dienone is 1. The molecule has 1 aliphatic carbocycles. The summed E-state index contributed by atoms with van der Waals surface area (Å²) in [5, 5.41) is 5.67. The van der Waals surface area contributed by atoms with Gasteiger partial charge in [-0.3, -0.25) is 9.59 Å². The van der Waals surface area contributed by atoms with Crippen LogP contribution in [0.25, 0.3) is 0 Å². The molecule has 0 heterocycles. The van der Waals surface area contributed by atoms with Crippen LogP contribution in [0, 0.1) is 5.41 Å². The predicted octanol–water partition coefficient (Wildman–Crippen LogP) is 3.22. The highest BCUT2D eigenvalue weighted by Crippen LogP contribution is 2.20. The molecule has 1 aromatic carbocycles. The van der Waals surface area contributed by atoms with Gasteiger partial charge in [-0.25, -0.2) is 0 Å². The molecular formula is C22H32N2O4. The van der Waals surface area contributed by atoms with Crippen molar-refractivity contribution in [2.45, 2.75) is 46.0 Å². The van der Waals surface area contributed by atoms with Crippen LogP contribution < -0.4 is 20.1 Å². The van der Waals surface area contributed by atoms with E-state index in [-0.39, 0.29) is 11.8 Å². The third-order valence-corrected chi connectivity index (χ3v) is 4.97. The molecule has 6 heteroatoms. The average molecular weight is 389 g/mol. The second-order valence-electron chi connectivity index (χ2n) is 7.52. The maximum atomic E-state index is 12.4. The first-order valence-electron chi connectivity index (χ1n) is 9.95. The van der Waals surface area contributed by atoms with E-state index >= 15 is 0 Å². The van der Waals surface area contributed by atoms with Gasteiger partial charge >= 0.3 is 0 Å². The standard InChI is InChI=1S/C22H32N2O4/c1-22(2,20(25)23-14-13-17-7-5-4-6-8-17)21(26)24-15-16-28-19-11-9-18(27-3)10-12-19/h7,9-12H,4-6,8,13-16H2,1-3H3,(H,23,25)(H,24,26). The zero-order valence-corrected chi connectivity index (χ0v) is 17.2. The van der Waals surface area contributed by atoms with Crippen LogP contribution in [0.15, 0.2) is 35.9 Å². The van der Waals surface area contributed by atoms with Gasteiger partial charge in [-0.1, -0.05) is 11.6 Å². The van der Waals surface area contributed by atoms with E-state index in [1.54, 1.807) is 33.1 Å². The number of ether oxygens (including phenoxy) is 2. The van der Waals surface area contributed by atoms with Gasteiger partial charge in [0, 0.05) is 6.54 Å². The van der Waals surface area contributed by atoms with Crippen molar-refractivity contribution in [3.8, 4) is 11.5 Å². The van der Waals surface area contributed by atoms with Crippen LogP contribution in [0.1, 0.15) is 46.0 Å². The van der Waals surface area contributed by atoms with Crippen molar-refractivity contribution in [2.75, 3.05) is 26.8 Å². The Balaban J connectivity index is 1.68. The Morgan fingerprint density at radius 2 is 1.64 bits per heavy atom. The summed E-state index contributed by atoms with van der Waals surface area (Å²) in [4.78, 5) is 24.8. The molecule has 0 saturated heterocycles. The average Bonchev–Trinajstić information content (AvgIpc) is 2.72. The maximum Gasteiger partial charge on any atom is 0.235 e. The number of methoxy groups -OCH3 is 1. The summed E-state index contributed by atoms with van der Waals surface area (Å²) < 4.78 is 10.7. The number of nitrogens with one attached hydrogen (secondary N) is 2. The molecule has 0 aromatic heterocycles. The van der Waals surface area contributed by atoms with E-state index in [0.717, 1.165) is 25.0 Å². The Hall–Kier alpha value is -2.50. The molecule has 28 heavy (non-hydrogen) atoms. The molecule has 1 aromatic rings. The summed E-state index contributed by atoms with van der Waals surface area (Å²) >= 11 is 0. The number of hydrogen-bond donors (Lipinski definition) is 2. The fraction of sp³-hybridized carbons (Fsp3) is 0.545. The lowest BCUT2D eigenvalue weighted by Crippen LogP contribution is -2.48. The van der Waals surface area contributed by atoms with Gasteiger partial charge in [0.15, 0.2) is 0 Å². The largest absolute Gasteiger partial charge is 0.497 e. The Morgan fingerprint density at radius 1 is 1.00 bits per heavy atom. The highest BCUT2D eigenvalue weighted by molar-refractivity contribution is 6.04. The van der Waals surface area contributed by atoms with Gasteiger partial charge in [0.25, 0.3) is 0 Å². The fourth-order valence-electron chi connectivity index (χ4n) is 3.02. The number of benzene rings is 1. The van der Waals surface area contributed by atoms with Crippen LogP contribution in [0.3, 0.4) is 0 Å². The molecule has 0 saturated carbocycles. The molecule has 0 radical (unpaired) electrons. The number of carbonyl (C=O) groups is 2. The quantitative estimate of drug-likeness (QED) is 0.367. The smallest absolute Gasteiger partial charge is 0.235 e. The molecule has 154 valence electrons. The number of amides is 2. The van der Waals surface area contributed by atoms with Gasteiger partial charge in [0.2, 0.25) is 11.8 Å². The predicted molar refractivity (Wildman–Crippen MR) is 109 cm³/mol. The highest BCUT2D eigenvalue weighted by atomic mass is 16.5. The Kier molecular flexibility index (Phi) is 8.36. The third kappa shape index (κ3) is 6.59. The molecule has 0 atom stereocenters. The third-order valence-electron chi connectivity index (χ3n) is 4.97. The molecule has 2 N–H and O–H groups in total. The summed E-state index contributed by atoms with van der Waals surface area (Å²) in [7, 11) is 1.61. The molecule has 0 unspecified atom stereocenters. The molecule has 6 nitrogen and oxygen atoms in total. The molecule has 0 aliphatic heterocycles. The van der Waals surface area contributed by atoms with Crippen molar-refractivity contribution in [3.05, 3.63) is 35.9 Å². The minimum absolute atomic E-state index is 0.252. The van der Waals surface area contributed by atoms with Crippen LogP contribution in [-0.4, -0.2) is 38.6 Å². The first kappa shape index (κ1) is 21.8. The Labute approximate surface area is 167 Å². The number of carbonyl (C=O) groups excluding carboxylic acids is 2. The first-order chi connectivity index (χ1) is 13.4. The van der Waals surface area contributed by atoms with Crippen molar-refractivity contribution in [3.63, 3.8) is 0 Å². The normalized spacial score (nSPS) is 14.0. The van der Waals surface area contributed by atoms with E-state index in [9.17, 15) is 9.59 Å². The van der Waals surface area contributed by atoms with Gasteiger partial charge in [-0.05, 0) is 70.2 Å². The zero-order valence-electron chi connectivity index (χ0n) is 17.2. The van der Waals surface area contributed by atoms with Crippen LogP contribution in [-0.2, 0) is 9.59 Å². The maximum absolute atomic E-state index is 12.4. The first-order valence-corrected chi connectivity index (χ1v) is 9.95. The van der Waals surface area contributed by atoms with E-state index in [2.05, 4.69) is 16.7 Å². The van der Waals surface area contributed by atoms with E-state index < -0.39 is 5.41 Å². The van der Waals surface area contributed by atoms with Gasteiger partial charge < -0.3 is 20.1 Å². The van der Waals surface area contributed by atoms with Crippen LogP contribution in [0.4, 0.5) is 0 Å². The molecule has 2 amide bonds. The summed E-state index contributed by atoms with van der Waals surface area (Å²) in [6.45, 7) is 4.50. The minimum atomic E-state index is -1.12. The molecule has 2 rings (SSSR count). The summed E-state index contributed by atoms with van der Waals surface area (Å²) in [6.07, 6.45) is 7.87. The second kappa shape index (κ2) is 10.7. The van der Waals surface area contributed by atoms with Gasteiger partial charge in [0.1, 0.15) is 23.5 Å². The Morgan fingerprint density at radius 3 is 2.25 bits per heavy atom. The molecule has 0 spiro atoms. The highest BCUT2D eigenvalue weighted by Gasteiger charge is 2.35.